The Kier molecular flexibility index (Phi) is 5.89. The molecular weight excluding hydrogens is 390 g/mol. The van der Waals surface area contributed by atoms with Crippen molar-refractivity contribution in [1.29, 1.82) is 0 Å². The smallest absolute Gasteiger partial charge is 0.252 e. The molecule has 0 unspecified atom stereocenters. The molecule has 0 spiro atoms. The van der Waals surface area contributed by atoms with Gasteiger partial charge in [0.1, 0.15) is 5.82 Å². The molecule has 0 atom stereocenters. The van der Waals surface area contributed by atoms with Gasteiger partial charge in [-0.25, -0.2) is 9.97 Å². The van der Waals surface area contributed by atoms with E-state index in [9.17, 15) is 4.79 Å². The van der Waals surface area contributed by atoms with Gasteiger partial charge < -0.3 is 5.32 Å². The second kappa shape index (κ2) is 8.14. The molecule has 8 nitrogen and oxygen atoms in total. The van der Waals surface area contributed by atoms with Gasteiger partial charge in [0.05, 0.1) is 11.4 Å². The summed E-state index contributed by atoms with van der Waals surface area (Å²) in [6.07, 6.45) is 1.94. The van der Waals surface area contributed by atoms with Gasteiger partial charge >= 0.3 is 0 Å². The Bertz CT molecular complexity index is 917. The number of hydrogen-bond acceptors (Lipinski definition) is 9. The lowest BCUT2D eigenvalue weighted by Gasteiger charge is -2.08. The van der Waals surface area contributed by atoms with Crippen LogP contribution >= 0.6 is 34.9 Å². The maximum absolute atomic E-state index is 12.3. The van der Waals surface area contributed by atoms with Gasteiger partial charge in [0.25, 0.3) is 5.95 Å². The Morgan fingerprint density at radius 2 is 1.81 bits per heavy atom. The zero-order valence-corrected chi connectivity index (χ0v) is 17.1. The molecule has 3 rings (SSSR count). The molecular formula is C15H17N7OS3. The number of amides is 1. The summed E-state index contributed by atoms with van der Waals surface area (Å²) < 4.78 is 3.20. The fourth-order valence-corrected chi connectivity index (χ4v) is 4.43. The van der Waals surface area contributed by atoms with Crippen molar-refractivity contribution < 1.29 is 4.79 Å². The normalized spacial score (nSPS) is 10.9. The summed E-state index contributed by atoms with van der Waals surface area (Å²) in [6.45, 7) is 5.65. The van der Waals surface area contributed by atoms with Crippen molar-refractivity contribution in [3.63, 3.8) is 0 Å². The molecule has 136 valence electrons. The van der Waals surface area contributed by atoms with Gasteiger partial charge in [0.15, 0.2) is 8.68 Å². The number of nitrogens with one attached hydrogen (secondary N) is 1. The number of carbonyl (C=O) groups excluding carboxylic acids is 1. The summed E-state index contributed by atoms with van der Waals surface area (Å²) in [5, 5.41) is 15.3. The third-order valence-electron chi connectivity index (χ3n) is 3.15. The van der Waals surface area contributed by atoms with Crippen molar-refractivity contribution in [3.05, 3.63) is 29.2 Å². The molecule has 1 N–H and O–H groups in total. The molecule has 1 amide bonds. The molecule has 0 fully saturated rings. The van der Waals surface area contributed by atoms with Gasteiger partial charge in [-0.3, -0.25) is 4.79 Å². The van der Waals surface area contributed by atoms with Crippen molar-refractivity contribution in [1.82, 2.24) is 29.9 Å². The van der Waals surface area contributed by atoms with Crippen LogP contribution in [0.2, 0.25) is 0 Å². The van der Waals surface area contributed by atoms with E-state index in [2.05, 4.69) is 30.6 Å². The standard InChI is InChI=1S/C15H17N7OS3/c1-8-5-9(2)17-13(16-8)22-11(6-10(3)21-22)18-12(23)7-25-15-20-19-14(24-4)26-15/h5-6H,7H2,1-4H3,(H,18,23). The SMILES string of the molecule is CSc1nnc(SCC(=O)Nc2cc(C)nn2-c2nc(C)cc(C)n2)s1. The first kappa shape index (κ1) is 18.8. The van der Waals surface area contributed by atoms with Crippen LogP contribution in [0.1, 0.15) is 17.1 Å². The Hall–Kier alpha value is -1.98. The van der Waals surface area contributed by atoms with E-state index >= 15 is 0 Å². The highest BCUT2D eigenvalue weighted by Gasteiger charge is 2.14. The van der Waals surface area contributed by atoms with E-state index in [0.29, 0.717) is 11.8 Å². The minimum atomic E-state index is -0.151. The van der Waals surface area contributed by atoms with Crippen LogP contribution in [0.5, 0.6) is 0 Å². The number of nitrogens with zero attached hydrogens (tertiary/aromatic N) is 6. The van der Waals surface area contributed by atoms with Crippen LogP contribution in [0.3, 0.4) is 0 Å². The molecule has 3 aromatic heterocycles. The summed E-state index contributed by atoms with van der Waals surface area (Å²) in [7, 11) is 0. The second-order valence-corrected chi connectivity index (χ2v) is 8.66. The minimum absolute atomic E-state index is 0.151. The zero-order valence-electron chi connectivity index (χ0n) is 14.7. The van der Waals surface area contributed by atoms with Crippen molar-refractivity contribution in [2.45, 2.75) is 29.5 Å². The van der Waals surface area contributed by atoms with Crippen LogP contribution in [0, 0.1) is 20.8 Å². The minimum Gasteiger partial charge on any atom is -0.310 e. The number of rotatable bonds is 6. The van der Waals surface area contributed by atoms with E-state index in [1.807, 2.05) is 33.1 Å². The molecule has 0 aliphatic rings. The van der Waals surface area contributed by atoms with Gasteiger partial charge in [-0.05, 0) is 33.1 Å². The highest BCUT2D eigenvalue weighted by molar-refractivity contribution is 8.03. The van der Waals surface area contributed by atoms with E-state index in [0.717, 1.165) is 25.8 Å². The largest absolute Gasteiger partial charge is 0.310 e. The van der Waals surface area contributed by atoms with E-state index in [-0.39, 0.29) is 11.7 Å². The Morgan fingerprint density at radius 3 is 2.46 bits per heavy atom. The Morgan fingerprint density at radius 1 is 1.12 bits per heavy atom. The van der Waals surface area contributed by atoms with E-state index < -0.39 is 0 Å². The molecule has 26 heavy (non-hydrogen) atoms. The van der Waals surface area contributed by atoms with E-state index in [4.69, 9.17) is 0 Å². The van der Waals surface area contributed by atoms with Crippen LogP contribution in [0.4, 0.5) is 5.82 Å². The summed E-state index contributed by atoms with van der Waals surface area (Å²) in [5.74, 6) is 1.06. The lowest BCUT2D eigenvalue weighted by Crippen LogP contribution is -2.18. The molecule has 0 radical (unpaired) electrons. The summed E-state index contributed by atoms with van der Waals surface area (Å²) >= 11 is 4.37. The second-order valence-electron chi connectivity index (χ2n) is 5.41. The number of carbonyl (C=O) groups is 1. The first-order valence-corrected chi connectivity index (χ1v) is 10.7. The number of anilines is 1. The average Bonchev–Trinajstić information content (AvgIpc) is 3.18. The van der Waals surface area contributed by atoms with E-state index in [1.54, 1.807) is 10.7 Å². The molecule has 3 aromatic rings. The monoisotopic (exact) mass is 407 g/mol. The van der Waals surface area contributed by atoms with Crippen LogP contribution in [-0.2, 0) is 4.79 Å². The lowest BCUT2D eigenvalue weighted by molar-refractivity contribution is -0.113. The number of aryl methyl sites for hydroxylation is 3. The fraction of sp³-hybridized carbons (Fsp3) is 0.333. The molecule has 3 heterocycles. The highest BCUT2D eigenvalue weighted by atomic mass is 32.2. The molecule has 0 aliphatic heterocycles. The van der Waals surface area contributed by atoms with Crippen LogP contribution in [0.15, 0.2) is 20.8 Å². The fourth-order valence-electron chi connectivity index (χ4n) is 2.19. The van der Waals surface area contributed by atoms with Crippen LogP contribution in [-0.4, -0.2) is 47.9 Å². The van der Waals surface area contributed by atoms with Gasteiger partial charge in [0.2, 0.25) is 5.91 Å². The van der Waals surface area contributed by atoms with Crippen molar-refractivity contribution >= 4 is 46.6 Å². The Balaban J connectivity index is 1.72. The molecule has 0 bridgehead atoms. The number of hydrogen-bond donors (Lipinski definition) is 1. The molecule has 0 saturated heterocycles. The average molecular weight is 408 g/mol. The van der Waals surface area contributed by atoms with Gasteiger partial charge in [-0.1, -0.05) is 34.9 Å². The summed E-state index contributed by atoms with van der Waals surface area (Å²) in [5.41, 5.74) is 2.45. The first-order chi connectivity index (χ1) is 12.4. The third-order valence-corrected chi connectivity index (χ3v) is 6.18. The van der Waals surface area contributed by atoms with Crippen molar-refractivity contribution in [3.8, 4) is 5.95 Å². The molecule has 11 heteroatoms. The molecule has 0 aliphatic carbocycles. The van der Waals surface area contributed by atoms with Crippen molar-refractivity contribution in [2.24, 2.45) is 0 Å². The number of thioether (sulfide) groups is 2. The third kappa shape index (κ3) is 4.59. The lowest BCUT2D eigenvalue weighted by atomic mass is 10.4. The zero-order chi connectivity index (χ0) is 18.7. The first-order valence-electron chi connectivity index (χ1n) is 7.64. The van der Waals surface area contributed by atoms with Gasteiger partial charge in [0, 0.05) is 17.5 Å². The maximum Gasteiger partial charge on any atom is 0.252 e. The van der Waals surface area contributed by atoms with Gasteiger partial charge in [-0.2, -0.15) is 9.78 Å². The highest BCUT2D eigenvalue weighted by Crippen LogP contribution is 2.27. The molecule has 0 saturated carbocycles. The van der Waals surface area contributed by atoms with Crippen molar-refractivity contribution in [2.75, 3.05) is 17.3 Å². The molecule has 0 aromatic carbocycles. The topological polar surface area (TPSA) is 98.5 Å². The predicted molar refractivity (Wildman–Crippen MR) is 104 cm³/mol. The van der Waals surface area contributed by atoms with Gasteiger partial charge in [-0.15, -0.1) is 10.2 Å². The maximum atomic E-state index is 12.3. The predicted octanol–water partition coefficient (Wildman–Crippen LogP) is 2.89. The van der Waals surface area contributed by atoms with Crippen LogP contribution < -0.4 is 5.32 Å². The van der Waals surface area contributed by atoms with E-state index in [1.165, 1.54) is 34.9 Å². The number of aromatic nitrogens is 6. The summed E-state index contributed by atoms with van der Waals surface area (Å²) in [6, 6.07) is 3.68. The summed E-state index contributed by atoms with van der Waals surface area (Å²) in [4.78, 5) is 21.1. The quantitative estimate of drug-likeness (QED) is 0.623. The Labute approximate surface area is 163 Å². The van der Waals surface area contributed by atoms with Crippen LogP contribution in [0.25, 0.3) is 5.95 Å².